The largest absolute Gasteiger partial charge is 0.496 e. The van der Waals surface area contributed by atoms with Crippen LogP contribution in [0.3, 0.4) is 0 Å². The number of ether oxygens (including phenoxy) is 1. The molecule has 2 aromatic carbocycles. The first-order valence-corrected chi connectivity index (χ1v) is 9.35. The van der Waals surface area contributed by atoms with Crippen LogP contribution in [0, 0.1) is 11.8 Å². The van der Waals surface area contributed by atoms with E-state index in [0.717, 1.165) is 16.9 Å². The minimum Gasteiger partial charge on any atom is -0.496 e. The molecule has 5 heteroatoms. The van der Waals surface area contributed by atoms with Gasteiger partial charge in [-0.3, -0.25) is 9.59 Å². The van der Waals surface area contributed by atoms with Crippen LogP contribution in [0.15, 0.2) is 54.6 Å². The summed E-state index contributed by atoms with van der Waals surface area (Å²) < 4.78 is 5.32. The predicted molar refractivity (Wildman–Crippen MR) is 104 cm³/mol. The summed E-state index contributed by atoms with van der Waals surface area (Å²) in [5, 5.41) is 5.94. The highest BCUT2D eigenvalue weighted by Gasteiger charge is 2.48. The lowest BCUT2D eigenvalue weighted by Crippen LogP contribution is -2.32. The Kier molecular flexibility index (Phi) is 6.12. The van der Waals surface area contributed by atoms with Crippen molar-refractivity contribution in [3.63, 3.8) is 0 Å². The first-order chi connectivity index (χ1) is 13.1. The molecule has 5 nitrogen and oxygen atoms in total. The Hall–Kier alpha value is -2.82. The van der Waals surface area contributed by atoms with E-state index < -0.39 is 0 Å². The highest BCUT2D eigenvalue weighted by atomic mass is 16.5. The van der Waals surface area contributed by atoms with Gasteiger partial charge in [0.05, 0.1) is 25.0 Å². The fourth-order valence-electron chi connectivity index (χ4n) is 3.28. The topological polar surface area (TPSA) is 67.4 Å². The van der Waals surface area contributed by atoms with Crippen LogP contribution in [0.5, 0.6) is 5.75 Å². The summed E-state index contributed by atoms with van der Waals surface area (Å²) >= 11 is 0. The summed E-state index contributed by atoms with van der Waals surface area (Å²) in [5.74, 6) is 0.298. The molecular formula is C22H26N2O3. The van der Waals surface area contributed by atoms with Gasteiger partial charge in [0.15, 0.2) is 0 Å². The number of hydrogen-bond donors (Lipinski definition) is 2. The number of para-hydroxylation sites is 1. The van der Waals surface area contributed by atoms with Crippen LogP contribution in [0.2, 0.25) is 0 Å². The van der Waals surface area contributed by atoms with Crippen molar-refractivity contribution >= 4 is 11.8 Å². The van der Waals surface area contributed by atoms with Crippen LogP contribution in [-0.4, -0.2) is 25.5 Å². The molecular weight excluding hydrogens is 340 g/mol. The first kappa shape index (κ1) is 19.0. The summed E-state index contributed by atoms with van der Waals surface area (Å²) in [6.45, 7) is 2.49. The van der Waals surface area contributed by atoms with Crippen molar-refractivity contribution in [2.75, 3.05) is 13.7 Å². The number of rotatable bonds is 8. The number of carbonyl (C=O) groups excluding carboxylic acids is 2. The van der Waals surface area contributed by atoms with E-state index in [-0.39, 0.29) is 29.7 Å². The van der Waals surface area contributed by atoms with Gasteiger partial charge in [-0.15, -0.1) is 0 Å². The smallest absolute Gasteiger partial charge is 0.224 e. The molecule has 0 aromatic heterocycles. The van der Waals surface area contributed by atoms with Gasteiger partial charge in [-0.1, -0.05) is 48.5 Å². The number of carbonyl (C=O) groups is 2. The monoisotopic (exact) mass is 366 g/mol. The summed E-state index contributed by atoms with van der Waals surface area (Å²) in [5.41, 5.74) is 2.12. The second-order valence-corrected chi connectivity index (χ2v) is 6.94. The summed E-state index contributed by atoms with van der Waals surface area (Å²) in [4.78, 5) is 24.7. The molecule has 0 saturated heterocycles. The normalized spacial score (nSPS) is 19.0. The molecule has 3 unspecified atom stereocenters. The van der Waals surface area contributed by atoms with Gasteiger partial charge in [0.2, 0.25) is 11.8 Å². The quantitative estimate of drug-likeness (QED) is 0.755. The van der Waals surface area contributed by atoms with Crippen molar-refractivity contribution in [2.24, 2.45) is 11.8 Å². The SMILES string of the molecule is COc1ccccc1CCNC(=O)C1CC1C(=O)NC(C)c1ccccc1. The lowest BCUT2D eigenvalue weighted by Gasteiger charge is -2.14. The number of benzene rings is 2. The maximum atomic E-state index is 12.4. The van der Waals surface area contributed by atoms with E-state index in [1.165, 1.54) is 0 Å². The average Bonchev–Trinajstić information content (AvgIpc) is 3.50. The fourth-order valence-corrected chi connectivity index (χ4v) is 3.28. The lowest BCUT2D eigenvalue weighted by molar-refractivity contribution is -0.127. The molecule has 1 saturated carbocycles. The second kappa shape index (κ2) is 8.71. The molecule has 3 rings (SSSR count). The van der Waals surface area contributed by atoms with Gasteiger partial charge in [0.1, 0.15) is 5.75 Å². The highest BCUT2D eigenvalue weighted by Crippen LogP contribution is 2.39. The molecule has 27 heavy (non-hydrogen) atoms. The second-order valence-electron chi connectivity index (χ2n) is 6.94. The van der Waals surface area contributed by atoms with Gasteiger partial charge < -0.3 is 15.4 Å². The van der Waals surface area contributed by atoms with E-state index in [2.05, 4.69) is 10.6 Å². The molecule has 142 valence electrons. The zero-order chi connectivity index (χ0) is 19.2. The van der Waals surface area contributed by atoms with Crippen molar-refractivity contribution in [3.05, 3.63) is 65.7 Å². The first-order valence-electron chi connectivity index (χ1n) is 9.35. The minimum absolute atomic E-state index is 0.0441. The van der Waals surface area contributed by atoms with Crippen molar-refractivity contribution in [3.8, 4) is 5.75 Å². The molecule has 1 aliphatic rings. The molecule has 0 aliphatic heterocycles. The standard InChI is InChI=1S/C22H26N2O3/c1-15(16-8-4-3-5-9-16)24-22(26)19-14-18(19)21(25)23-13-12-17-10-6-7-11-20(17)27-2/h3-11,15,18-19H,12-14H2,1-2H3,(H,23,25)(H,24,26). The van der Waals surface area contributed by atoms with Crippen molar-refractivity contribution < 1.29 is 14.3 Å². The zero-order valence-electron chi connectivity index (χ0n) is 15.8. The van der Waals surface area contributed by atoms with E-state index in [4.69, 9.17) is 4.74 Å². The van der Waals surface area contributed by atoms with Gasteiger partial charge in [-0.2, -0.15) is 0 Å². The maximum absolute atomic E-state index is 12.4. The Balaban J connectivity index is 1.42. The summed E-state index contributed by atoms with van der Waals surface area (Å²) in [6.07, 6.45) is 1.32. The third-order valence-corrected chi connectivity index (χ3v) is 5.01. The third kappa shape index (κ3) is 4.88. The molecule has 2 N–H and O–H groups in total. The molecule has 0 bridgehead atoms. The van der Waals surface area contributed by atoms with Crippen LogP contribution in [0.25, 0.3) is 0 Å². The van der Waals surface area contributed by atoms with Crippen molar-refractivity contribution in [1.82, 2.24) is 10.6 Å². The lowest BCUT2D eigenvalue weighted by atomic mass is 10.1. The zero-order valence-corrected chi connectivity index (χ0v) is 15.8. The van der Waals surface area contributed by atoms with Gasteiger partial charge >= 0.3 is 0 Å². The van der Waals surface area contributed by atoms with Crippen molar-refractivity contribution in [2.45, 2.75) is 25.8 Å². The molecule has 0 radical (unpaired) electrons. The van der Waals surface area contributed by atoms with Gasteiger partial charge in [0.25, 0.3) is 0 Å². The maximum Gasteiger partial charge on any atom is 0.224 e. The van der Waals surface area contributed by atoms with Crippen LogP contribution < -0.4 is 15.4 Å². The Bertz CT molecular complexity index is 791. The van der Waals surface area contributed by atoms with Crippen molar-refractivity contribution in [1.29, 1.82) is 0 Å². The molecule has 1 aliphatic carbocycles. The van der Waals surface area contributed by atoms with Crippen LogP contribution in [-0.2, 0) is 16.0 Å². The molecule has 2 aromatic rings. The Labute approximate surface area is 160 Å². The Morgan fingerprint density at radius 3 is 2.44 bits per heavy atom. The molecule has 2 amide bonds. The number of nitrogens with one attached hydrogen (secondary N) is 2. The molecule has 1 fully saturated rings. The van der Waals surface area contributed by atoms with E-state index in [9.17, 15) is 9.59 Å². The van der Waals surface area contributed by atoms with Crippen LogP contribution >= 0.6 is 0 Å². The molecule has 0 heterocycles. The van der Waals surface area contributed by atoms with E-state index in [1.807, 2.05) is 61.5 Å². The summed E-state index contributed by atoms with van der Waals surface area (Å²) in [7, 11) is 1.64. The Morgan fingerprint density at radius 2 is 1.70 bits per heavy atom. The summed E-state index contributed by atoms with van der Waals surface area (Å²) in [6, 6.07) is 17.5. The minimum atomic E-state index is -0.220. The van der Waals surface area contributed by atoms with E-state index in [1.54, 1.807) is 7.11 Å². The van der Waals surface area contributed by atoms with Gasteiger partial charge in [-0.05, 0) is 37.0 Å². The Morgan fingerprint density at radius 1 is 1.04 bits per heavy atom. The predicted octanol–water partition coefficient (Wildman–Crippen LogP) is 2.87. The van der Waals surface area contributed by atoms with E-state index in [0.29, 0.717) is 19.4 Å². The molecule has 0 spiro atoms. The number of methoxy groups -OCH3 is 1. The van der Waals surface area contributed by atoms with E-state index >= 15 is 0 Å². The van der Waals surface area contributed by atoms with Crippen LogP contribution in [0.4, 0.5) is 0 Å². The molecule has 3 atom stereocenters. The van der Waals surface area contributed by atoms with Gasteiger partial charge in [-0.25, -0.2) is 0 Å². The highest BCUT2D eigenvalue weighted by molar-refractivity contribution is 5.92. The average molecular weight is 366 g/mol. The third-order valence-electron chi connectivity index (χ3n) is 5.01. The van der Waals surface area contributed by atoms with Crippen LogP contribution in [0.1, 0.15) is 30.5 Å². The fraction of sp³-hybridized carbons (Fsp3) is 0.364. The number of hydrogen-bond acceptors (Lipinski definition) is 3. The van der Waals surface area contributed by atoms with Gasteiger partial charge in [0, 0.05) is 6.54 Å². The number of amides is 2.